The van der Waals surface area contributed by atoms with Gasteiger partial charge in [-0.2, -0.15) is 13.5 Å². The molecule has 9 nitrogen and oxygen atoms in total. The first kappa shape index (κ1) is 21.3. The van der Waals surface area contributed by atoms with Gasteiger partial charge in [0.2, 0.25) is 0 Å². The summed E-state index contributed by atoms with van der Waals surface area (Å²) >= 11 is 1.28. The number of rotatable bonds is 5. The second-order valence-electron chi connectivity index (χ2n) is 7.65. The molecule has 11 heteroatoms. The standard InChI is InChI=1S/C18H24N4O5S2/c1-5-27-16(23)14-12-6-8-18(3,4)10-13(12)28-15(14)20-17(24)21-29(25,26)22-11(2)7-9-19-22/h7,9H,5-6,8,10H2,1-4H3,(H2,20,21,24). The molecular weight excluding hydrogens is 416 g/mol. The van der Waals surface area contributed by atoms with Gasteiger partial charge in [-0.05, 0) is 50.2 Å². The minimum atomic E-state index is -4.20. The van der Waals surface area contributed by atoms with Crippen molar-refractivity contribution in [2.24, 2.45) is 5.41 Å². The van der Waals surface area contributed by atoms with Gasteiger partial charge < -0.3 is 4.74 Å². The molecule has 0 atom stereocenters. The van der Waals surface area contributed by atoms with Crippen molar-refractivity contribution >= 4 is 38.5 Å². The Labute approximate surface area is 173 Å². The van der Waals surface area contributed by atoms with Crippen molar-refractivity contribution in [1.82, 2.24) is 13.9 Å². The number of amides is 2. The molecule has 29 heavy (non-hydrogen) atoms. The van der Waals surface area contributed by atoms with E-state index in [0.717, 1.165) is 27.4 Å². The van der Waals surface area contributed by atoms with E-state index < -0.39 is 22.2 Å². The number of hydrogen-bond acceptors (Lipinski definition) is 7. The van der Waals surface area contributed by atoms with Crippen molar-refractivity contribution in [3.05, 3.63) is 34.0 Å². The molecule has 2 aromatic heterocycles. The number of esters is 1. The summed E-state index contributed by atoms with van der Waals surface area (Å²) in [5.41, 5.74) is 1.62. The highest BCUT2D eigenvalue weighted by molar-refractivity contribution is 7.88. The van der Waals surface area contributed by atoms with Crippen LogP contribution in [0.1, 0.15) is 53.7 Å². The van der Waals surface area contributed by atoms with Crippen LogP contribution >= 0.6 is 11.3 Å². The van der Waals surface area contributed by atoms with Crippen LogP contribution in [0.15, 0.2) is 12.3 Å². The van der Waals surface area contributed by atoms with Gasteiger partial charge in [-0.15, -0.1) is 15.4 Å². The Morgan fingerprint density at radius 2 is 2.10 bits per heavy atom. The van der Waals surface area contributed by atoms with Gasteiger partial charge in [-0.25, -0.2) is 14.3 Å². The van der Waals surface area contributed by atoms with E-state index >= 15 is 0 Å². The Morgan fingerprint density at radius 1 is 1.38 bits per heavy atom. The second kappa shape index (κ2) is 7.79. The fraction of sp³-hybridized carbons (Fsp3) is 0.500. The molecule has 0 unspecified atom stereocenters. The van der Waals surface area contributed by atoms with Crippen LogP contribution in [0, 0.1) is 12.3 Å². The molecule has 2 heterocycles. The Balaban J connectivity index is 1.88. The summed E-state index contributed by atoms with van der Waals surface area (Å²) in [4.78, 5) is 26.0. The van der Waals surface area contributed by atoms with E-state index in [-0.39, 0.29) is 17.0 Å². The number of carbonyl (C=O) groups excluding carboxylic acids is 2. The summed E-state index contributed by atoms with van der Waals surface area (Å²) in [5.74, 6) is -0.522. The lowest BCUT2D eigenvalue weighted by Crippen LogP contribution is -2.39. The number of hydrogen-bond donors (Lipinski definition) is 2. The van der Waals surface area contributed by atoms with Crippen LogP contribution in [0.25, 0.3) is 0 Å². The zero-order valence-corrected chi connectivity index (χ0v) is 18.4. The topological polar surface area (TPSA) is 119 Å². The van der Waals surface area contributed by atoms with Gasteiger partial charge in [0.1, 0.15) is 5.00 Å². The molecule has 1 aliphatic carbocycles. The molecule has 0 aliphatic heterocycles. The van der Waals surface area contributed by atoms with E-state index in [1.165, 1.54) is 23.6 Å². The van der Waals surface area contributed by atoms with Crippen molar-refractivity contribution in [1.29, 1.82) is 0 Å². The number of urea groups is 1. The zero-order valence-electron chi connectivity index (χ0n) is 16.7. The lowest BCUT2D eigenvalue weighted by atomic mass is 9.77. The predicted molar refractivity (Wildman–Crippen MR) is 110 cm³/mol. The maximum Gasteiger partial charge on any atom is 0.346 e. The molecule has 0 bridgehead atoms. The van der Waals surface area contributed by atoms with Gasteiger partial charge in [0.05, 0.1) is 24.1 Å². The molecule has 0 spiro atoms. The Hall–Kier alpha value is -2.40. The van der Waals surface area contributed by atoms with Crippen LogP contribution in [0.2, 0.25) is 0 Å². The Morgan fingerprint density at radius 3 is 2.72 bits per heavy atom. The second-order valence-corrected chi connectivity index (χ2v) is 10.3. The smallest absolute Gasteiger partial charge is 0.346 e. The van der Waals surface area contributed by atoms with Crippen molar-refractivity contribution in [2.45, 2.75) is 47.0 Å². The molecule has 3 rings (SSSR count). The zero-order chi connectivity index (χ0) is 21.4. The van der Waals surface area contributed by atoms with E-state index in [0.29, 0.717) is 17.7 Å². The normalized spacial score (nSPS) is 15.4. The first-order chi connectivity index (χ1) is 13.5. The largest absolute Gasteiger partial charge is 0.462 e. The molecule has 2 N–H and O–H groups in total. The number of carbonyl (C=O) groups is 2. The van der Waals surface area contributed by atoms with Crippen LogP contribution in [0.5, 0.6) is 0 Å². The van der Waals surface area contributed by atoms with Gasteiger partial charge in [0, 0.05) is 4.88 Å². The summed E-state index contributed by atoms with van der Waals surface area (Å²) in [6, 6.07) is 0.536. The third-order valence-corrected chi connectivity index (χ3v) is 7.15. The van der Waals surface area contributed by atoms with Crippen molar-refractivity contribution < 1.29 is 22.7 Å². The number of nitrogens with one attached hydrogen (secondary N) is 2. The number of nitrogens with zero attached hydrogens (tertiary/aromatic N) is 2. The van der Waals surface area contributed by atoms with E-state index in [9.17, 15) is 18.0 Å². The highest BCUT2D eigenvalue weighted by atomic mass is 32.2. The SMILES string of the molecule is CCOC(=O)c1c(NC(=O)NS(=O)(=O)n2nccc2C)sc2c1CCC(C)(C)C2. The molecule has 158 valence electrons. The third kappa shape index (κ3) is 4.45. The Bertz CT molecular complexity index is 1050. The lowest BCUT2D eigenvalue weighted by Gasteiger charge is -2.29. The minimum absolute atomic E-state index is 0.0876. The summed E-state index contributed by atoms with van der Waals surface area (Å²) in [5, 5.41) is 6.51. The van der Waals surface area contributed by atoms with Crippen LogP contribution in [-0.4, -0.2) is 36.2 Å². The quantitative estimate of drug-likeness (QED) is 0.690. The highest BCUT2D eigenvalue weighted by Gasteiger charge is 2.33. The molecular formula is C18H24N4O5S2. The van der Waals surface area contributed by atoms with E-state index in [4.69, 9.17) is 4.74 Å². The summed E-state index contributed by atoms with van der Waals surface area (Å²) in [6.07, 6.45) is 3.69. The first-order valence-corrected chi connectivity index (χ1v) is 11.5. The van der Waals surface area contributed by atoms with Gasteiger partial charge >= 0.3 is 22.2 Å². The number of fused-ring (bicyclic) bond motifs is 1. The van der Waals surface area contributed by atoms with E-state index in [2.05, 4.69) is 24.3 Å². The molecule has 0 radical (unpaired) electrons. The molecule has 2 aromatic rings. The fourth-order valence-electron chi connectivity index (χ4n) is 3.31. The average Bonchev–Trinajstić information content (AvgIpc) is 3.16. The van der Waals surface area contributed by atoms with E-state index in [1.807, 2.05) is 4.72 Å². The Kier molecular flexibility index (Phi) is 5.72. The molecule has 1 aliphatic rings. The highest BCUT2D eigenvalue weighted by Crippen LogP contribution is 2.44. The molecule has 0 aromatic carbocycles. The van der Waals surface area contributed by atoms with Gasteiger partial charge in [-0.1, -0.05) is 13.8 Å². The number of aromatic nitrogens is 2. The van der Waals surface area contributed by atoms with Crippen molar-refractivity contribution in [3.63, 3.8) is 0 Å². The van der Waals surface area contributed by atoms with Crippen LogP contribution in [-0.2, 0) is 27.8 Å². The number of aryl methyl sites for hydroxylation is 1. The molecule has 0 saturated carbocycles. The number of anilines is 1. The van der Waals surface area contributed by atoms with Gasteiger partial charge in [0.15, 0.2) is 0 Å². The van der Waals surface area contributed by atoms with Crippen molar-refractivity contribution in [3.8, 4) is 0 Å². The van der Waals surface area contributed by atoms with Crippen LogP contribution in [0.4, 0.5) is 9.80 Å². The summed E-state index contributed by atoms with van der Waals surface area (Å²) < 4.78 is 32.5. The summed E-state index contributed by atoms with van der Waals surface area (Å²) in [7, 11) is -4.20. The number of ether oxygens (including phenoxy) is 1. The van der Waals surface area contributed by atoms with E-state index in [1.54, 1.807) is 13.8 Å². The molecule has 2 amide bonds. The van der Waals surface area contributed by atoms with Crippen LogP contribution in [0.3, 0.4) is 0 Å². The average molecular weight is 441 g/mol. The fourth-order valence-corrected chi connectivity index (χ4v) is 5.79. The van der Waals surface area contributed by atoms with Crippen molar-refractivity contribution in [2.75, 3.05) is 11.9 Å². The van der Waals surface area contributed by atoms with Gasteiger partial charge in [-0.3, -0.25) is 5.32 Å². The lowest BCUT2D eigenvalue weighted by molar-refractivity contribution is 0.0526. The minimum Gasteiger partial charge on any atom is -0.462 e. The molecule has 0 saturated heterocycles. The third-order valence-electron chi connectivity index (χ3n) is 4.73. The van der Waals surface area contributed by atoms with Gasteiger partial charge in [0.25, 0.3) is 0 Å². The maximum absolute atomic E-state index is 12.5. The summed E-state index contributed by atoms with van der Waals surface area (Å²) in [6.45, 7) is 7.77. The van der Waals surface area contributed by atoms with Crippen LogP contribution < -0.4 is 10.0 Å². The first-order valence-electron chi connectivity index (χ1n) is 9.20. The number of thiophene rings is 1. The molecule has 0 fully saturated rings. The predicted octanol–water partition coefficient (Wildman–Crippen LogP) is 2.86. The monoisotopic (exact) mass is 440 g/mol. The maximum atomic E-state index is 12.5.